The van der Waals surface area contributed by atoms with Crippen molar-refractivity contribution in [2.24, 2.45) is 4.99 Å². The number of rotatable bonds is 3. The van der Waals surface area contributed by atoms with Crippen LogP contribution in [0, 0.1) is 0 Å². The summed E-state index contributed by atoms with van der Waals surface area (Å²) >= 11 is 0. The fourth-order valence-electron chi connectivity index (χ4n) is 2.50. The van der Waals surface area contributed by atoms with Crippen LogP contribution in [0.1, 0.15) is 27.2 Å². The normalized spacial score (nSPS) is 21.1. The lowest BCUT2D eigenvalue weighted by atomic mass is 9.99. The molecule has 0 aromatic heterocycles. The van der Waals surface area contributed by atoms with Crippen molar-refractivity contribution >= 4 is 29.9 Å². The molecule has 2 heterocycles. The first-order valence-electron chi connectivity index (χ1n) is 8.49. The zero-order valence-electron chi connectivity index (χ0n) is 16.3. The Kier molecular flexibility index (Phi) is 7.88. The van der Waals surface area contributed by atoms with Gasteiger partial charge < -0.3 is 25.0 Å². The summed E-state index contributed by atoms with van der Waals surface area (Å²) in [5.41, 5.74) is -1.42. The molecular weight excluding hydrogens is 376 g/mol. The van der Waals surface area contributed by atoms with Crippen molar-refractivity contribution in [2.45, 2.75) is 38.3 Å². The van der Waals surface area contributed by atoms with E-state index in [9.17, 15) is 9.59 Å². The van der Waals surface area contributed by atoms with Crippen LogP contribution < -0.4 is 10.6 Å². The molecule has 2 aliphatic heterocycles. The van der Waals surface area contributed by atoms with Gasteiger partial charge in [0.05, 0.1) is 13.2 Å². The Bertz CT molecular complexity index is 638. The molecule has 0 aromatic rings. The Morgan fingerprint density at radius 1 is 1.29 bits per heavy atom. The van der Waals surface area contributed by atoms with Crippen molar-refractivity contribution in [3.05, 3.63) is 0 Å². The van der Waals surface area contributed by atoms with Gasteiger partial charge in [0.1, 0.15) is 5.60 Å². The van der Waals surface area contributed by atoms with Gasteiger partial charge in [0.15, 0.2) is 5.54 Å². The summed E-state index contributed by atoms with van der Waals surface area (Å²) < 4.78 is 10.3. The molecule has 1 atom stereocenters. The number of carbonyl (C=O) groups is 4. The number of alkyl carbamates (subject to hydrolysis) is 1. The van der Waals surface area contributed by atoms with Gasteiger partial charge in [-0.1, -0.05) is 0 Å². The lowest BCUT2D eigenvalue weighted by Gasteiger charge is -2.23. The van der Waals surface area contributed by atoms with E-state index in [-0.39, 0.29) is 11.9 Å². The van der Waals surface area contributed by atoms with E-state index < -0.39 is 29.2 Å². The van der Waals surface area contributed by atoms with Crippen LogP contribution in [0.2, 0.25) is 0 Å². The van der Waals surface area contributed by atoms with Gasteiger partial charge in [-0.05, 0) is 33.7 Å². The largest absolute Gasteiger partial charge is 0.473 e. The number of nitrogens with zero attached hydrogens (tertiary/aromatic N) is 2. The third-order valence-electron chi connectivity index (χ3n) is 3.67. The van der Waals surface area contributed by atoms with Gasteiger partial charge >= 0.3 is 18.0 Å². The van der Waals surface area contributed by atoms with Gasteiger partial charge in [0, 0.05) is 13.7 Å². The third kappa shape index (κ3) is 6.46. The van der Waals surface area contributed by atoms with E-state index in [1.807, 2.05) is 0 Å². The molecule has 2 amide bonds. The fourth-order valence-corrected chi connectivity index (χ4v) is 2.50. The molecule has 1 spiro atoms. The van der Waals surface area contributed by atoms with Gasteiger partial charge in [0.2, 0.25) is 5.96 Å². The van der Waals surface area contributed by atoms with Crippen LogP contribution in [-0.4, -0.2) is 89.5 Å². The van der Waals surface area contributed by atoms with Crippen molar-refractivity contribution in [1.82, 2.24) is 15.5 Å². The second-order valence-corrected chi connectivity index (χ2v) is 7.08. The van der Waals surface area contributed by atoms with E-state index in [0.717, 1.165) is 6.54 Å². The Morgan fingerprint density at radius 3 is 2.32 bits per heavy atom. The van der Waals surface area contributed by atoms with Crippen molar-refractivity contribution in [1.29, 1.82) is 0 Å². The zero-order chi connectivity index (χ0) is 21.5. The van der Waals surface area contributed by atoms with Crippen molar-refractivity contribution in [2.75, 3.05) is 33.4 Å². The summed E-state index contributed by atoms with van der Waals surface area (Å²) in [4.78, 5) is 48.7. The number of aliphatic imine (C=N–C) groups is 1. The number of carbonyl (C=O) groups excluding carboxylic acids is 2. The SMILES string of the molecule is COCCN1C(=O)C2(CCNC2)N=C1NC(=O)OC(C)(C)C.O=C(O)C(=O)O. The molecule has 4 N–H and O–H groups in total. The molecule has 0 radical (unpaired) electrons. The molecule has 2 rings (SSSR count). The first-order chi connectivity index (χ1) is 12.9. The fraction of sp³-hybridized carbons (Fsp3) is 0.688. The number of hydrogen-bond donors (Lipinski definition) is 4. The first kappa shape index (κ1) is 23.3. The molecule has 12 nitrogen and oxygen atoms in total. The molecule has 12 heteroatoms. The minimum Gasteiger partial charge on any atom is -0.473 e. The highest BCUT2D eigenvalue weighted by Gasteiger charge is 2.50. The summed E-state index contributed by atoms with van der Waals surface area (Å²) in [6.07, 6.45) is -0.00100. The van der Waals surface area contributed by atoms with Crippen LogP contribution in [0.5, 0.6) is 0 Å². The topological polar surface area (TPSA) is 167 Å². The van der Waals surface area contributed by atoms with Gasteiger partial charge in [-0.3, -0.25) is 15.0 Å². The van der Waals surface area contributed by atoms with E-state index in [0.29, 0.717) is 26.1 Å². The lowest BCUT2D eigenvalue weighted by Crippen LogP contribution is -2.49. The summed E-state index contributed by atoms with van der Waals surface area (Å²) in [6, 6.07) is 0. The van der Waals surface area contributed by atoms with Crippen LogP contribution in [0.4, 0.5) is 4.79 Å². The van der Waals surface area contributed by atoms with Crippen LogP contribution in [-0.2, 0) is 23.9 Å². The molecule has 0 aliphatic carbocycles. The van der Waals surface area contributed by atoms with Crippen molar-refractivity contribution in [3.8, 4) is 0 Å². The number of ether oxygens (including phenoxy) is 2. The molecule has 1 unspecified atom stereocenters. The number of carboxylic acids is 2. The number of guanidine groups is 1. The van der Waals surface area contributed by atoms with E-state index >= 15 is 0 Å². The summed E-state index contributed by atoms with van der Waals surface area (Å²) in [6.45, 7) is 7.25. The highest BCUT2D eigenvalue weighted by Crippen LogP contribution is 2.28. The Balaban J connectivity index is 0.000000568. The van der Waals surface area contributed by atoms with Crippen molar-refractivity contribution < 1.29 is 38.9 Å². The summed E-state index contributed by atoms with van der Waals surface area (Å²) in [7, 11) is 1.56. The van der Waals surface area contributed by atoms with Crippen molar-refractivity contribution in [3.63, 3.8) is 0 Å². The predicted molar refractivity (Wildman–Crippen MR) is 95.9 cm³/mol. The average molecular weight is 402 g/mol. The monoisotopic (exact) mass is 402 g/mol. The number of carboxylic acid groups (broad SMARTS) is 2. The Morgan fingerprint density at radius 2 is 1.89 bits per heavy atom. The number of amides is 2. The standard InChI is InChI=1S/C14H24N4O4.C2H2O4/c1-13(2,3)22-12(20)16-11-17-14(5-6-15-9-14)10(19)18(11)7-8-21-4;3-1(4)2(5)6/h15H,5-9H2,1-4H3,(H,16,17,20);(H,3,4)(H,5,6). The van der Waals surface area contributed by atoms with Gasteiger partial charge in [-0.15, -0.1) is 0 Å². The number of hydrogen-bond acceptors (Lipinski definition) is 8. The Labute approximate surface area is 161 Å². The van der Waals surface area contributed by atoms with Crippen LogP contribution in [0.25, 0.3) is 0 Å². The molecule has 2 aliphatic rings. The second-order valence-electron chi connectivity index (χ2n) is 7.08. The Hall–Kier alpha value is -2.73. The molecule has 0 bridgehead atoms. The van der Waals surface area contributed by atoms with Gasteiger partial charge in [-0.2, -0.15) is 0 Å². The molecule has 1 fully saturated rings. The predicted octanol–water partition coefficient (Wildman–Crippen LogP) is -0.757. The number of aliphatic carboxylic acids is 2. The number of methoxy groups -OCH3 is 1. The van der Waals surface area contributed by atoms with Gasteiger partial charge in [-0.25, -0.2) is 19.4 Å². The van der Waals surface area contributed by atoms with Gasteiger partial charge in [0.25, 0.3) is 5.91 Å². The number of nitrogens with one attached hydrogen (secondary N) is 2. The quantitative estimate of drug-likeness (QED) is 0.444. The third-order valence-corrected chi connectivity index (χ3v) is 3.67. The highest BCUT2D eigenvalue weighted by atomic mass is 16.6. The van der Waals surface area contributed by atoms with Crippen LogP contribution in [0.15, 0.2) is 4.99 Å². The first-order valence-corrected chi connectivity index (χ1v) is 8.49. The maximum atomic E-state index is 12.6. The maximum Gasteiger partial charge on any atom is 0.414 e. The molecule has 158 valence electrons. The van der Waals surface area contributed by atoms with E-state index in [2.05, 4.69) is 15.6 Å². The second kappa shape index (κ2) is 9.46. The highest BCUT2D eigenvalue weighted by molar-refractivity contribution is 6.27. The molecule has 1 saturated heterocycles. The van der Waals surface area contributed by atoms with E-state index in [1.165, 1.54) is 4.90 Å². The summed E-state index contributed by atoms with van der Waals surface area (Å²) in [5.74, 6) is -3.52. The van der Waals surface area contributed by atoms with E-state index in [1.54, 1.807) is 27.9 Å². The lowest BCUT2D eigenvalue weighted by molar-refractivity contribution is -0.159. The average Bonchev–Trinajstić information content (AvgIpc) is 3.11. The summed E-state index contributed by atoms with van der Waals surface area (Å²) in [5, 5.41) is 20.5. The molecular formula is C16H26N4O8. The van der Waals surface area contributed by atoms with E-state index in [4.69, 9.17) is 29.3 Å². The maximum absolute atomic E-state index is 12.6. The minimum absolute atomic E-state index is 0.111. The van der Waals surface area contributed by atoms with Crippen LogP contribution >= 0.6 is 0 Å². The minimum atomic E-state index is -1.82. The van der Waals surface area contributed by atoms with Crippen LogP contribution in [0.3, 0.4) is 0 Å². The molecule has 0 aromatic carbocycles. The molecule has 0 saturated carbocycles. The smallest absolute Gasteiger partial charge is 0.414 e. The zero-order valence-corrected chi connectivity index (χ0v) is 16.3. The molecule has 28 heavy (non-hydrogen) atoms.